The molecule has 0 spiro atoms. The average Bonchev–Trinajstić information content (AvgIpc) is 2.03. The van der Waals surface area contributed by atoms with Crippen LogP contribution in [0.4, 0.5) is 0 Å². The number of carbonyl (C=O) groups is 1. The minimum absolute atomic E-state index is 0.255. The third-order valence-electron chi connectivity index (χ3n) is 1.99. The first-order valence-corrected chi connectivity index (χ1v) is 4.27. The summed E-state index contributed by atoms with van der Waals surface area (Å²) in [6, 6.07) is 0. The minimum atomic E-state index is 0.255. The molecule has 0 aromatic rings. The van der Waals surface area contributed by atoms with Crippen molar-refractivity contribution in [2.24, 2.45) is 5.92 Å². The Labute approximate surface area is 68.9 Å². The molecule has 66 valence electrons. The lowest BCUT2D eigenvalue weighted by Gasteiger charge is -2.09. The van der Waals surface area contributed by atoms with Crippen LogP contribution in [0.3, 0.4) is 0 Å². The molecule has 0 rings (SSSR count). The van der Waals surface area contributed by atoms with Gasteiger partial charge in [0.25, 0.3) is 0 Å². The largest absolute Gasteiger partial charge is 0.384 e. The summed E-state index contributed by atoms with van der Waals surface area (Å²) in [5.41, 5.74) is 0. The van der Waals surface area contributed by atoms with E-state index in [2.05, 4.69) is 13.8 Å². The molecule has 0 aliphatic rings. The Morgan fingerprint density at radius 1 is 1.36 bits per heavy atom. The van der Waals surface area contributed by atoms with Gasteiger partial charge in [-0.25, -0.2) is 0 Å². The normalized spacial score (nSPS) is 10.5. The smallest absolute Gasteiger partial charge is 0.138 e. The van der Waals surface area contributed by atoms with Gasteiger partial charge in [0, 0.05) is 19.4 Å². The number of rotatable bonds is 6. The number of hydrogen-bond acceptors (Lipinski definition) is 2. The zero-order valence-corrected chi connectivity index (χ0v) is 7.72. The molecule has 0 N–H and O–H groups in total. The lowest BCUT2D eigenvalue weighted by atomic mass is 9.96. The molecule has 0 aliphatic carbocycles. The van der Waals surface area contributed by atoms with E-state index in [1.165, 1.54) is 0 Å². The summed E-state index contributed by atoms with van der Waals surface area (Å²) < 4.78 is 4.83. The van der Waals surface area contributed by atoms with E-state index in [0.717, 1.165) is 12.8 Å². The standard InChI is InChI=1S/C9H18O2/c1-4-8(5-2)9(10)6-7-11-3/h8H,4-7H2,1-3H3. The SMILES string of the molecule is CCC(CC)C(=O)CCOC. The van der Waals surface area contributed by atoms with E-state index in [1.807, 2.05) is 0 Å². The van der Waals surface area contributed by atoms with Crippen LogP contribution in [0.2, 0.25) is 0 Å². The molecule has 11 heavy (non-hydrogen) atoms. The van der Waals surface area contributed by atoms with Crippen molar-refractivity contribution in [3.63, 3.8) is 0 Å². The Kier molecular flexibility index (Phi) is 6.13. The molecule has 2 heteroatoms. The fraction of sp³-hybridized carbons (Fsp3) is 0.889. The van der Waals surface area contributed by atoms with Gasteiger partial charge in [0.2, 0.25) is 0 Å². The Morgan fingerprint density at radius 2 is 1.91 bits per heavy atom. The molecule has 0 fully saturated rings. The molecule has 0 amide bonds. The summed E-state index contributed by atoms with van der Waals surface area (Å²) in [4.78, 5) is 11.3. The highest BCUT2D eigenvalue weighted by Crippen LogP contribution is 2.10. The summed E-state index contributed by atoms with van der Waals surface area (Å²) in [6.07, 6.45) is 2.49. The van der Waals surface area contributed by atoms with Crippen LogP contribution >= 0.6 is 0 Å². The van der Waals surface area contributed by atoms with Gasteiger partial charge in [-0.2, -0.15) is 0 Å². The first-order valence-electron chi connectivity index (χ1n) is 4.27. The number of ether oxygens (including phenoxy) is 1. The van der Waals surface area contributed by atoms with Crippen LogP contribution in [-0.4, -0.2) is 19.5 Å². The van der Waals surface area contributed by atoms with E-state index in [4.69, 9.17) is 4.74 Å². The van der Waals surface area contributed by atoms with Gasteiger partial charge in [0.1, 0.15) is 5.78 Å². The van der Waals surface area contributed by atoms with Crippen molar-refractivity contribution < 1.29 is 9.53 Å². The number of ketones is 1. The van der Waals surface area contributed by atoms with Crippen LogP contribution < -0.4 is 0 Å². The van der Waals surface area contributed by atoms with Gasteiger partial charge in [-0.1, -0.05) is 13.8 Å². The van der Waals surface area contributed by atoms with Crippen LogP contribution in [-0.2, 0) is 9.53 Å². The van der Waals surface area contributed by atoms with E-state index in [1.54, 1.807) is 7.11 Å². The third-order valence-corrected chi connectivity index (χ3v) is 1.99. The number of methoxy groups -OCH3 is 1. The minimum Gasteiger partial charge on any atom is -0.384 e. The highest BCUT2D eigenvalue weighted by atomic mass is 16.5. The molecule has 0 radical (unpaired) electrons. The van der Waals surface area contributed by atoms with Gasteiger partial charge in [-0.15, -0.1) is 0 Å². The second-order valence-corrected chi connectivity index (χ2v) is 2.72. The molecule has 0 saturated carbocycles. The highest BCUT2D eigenvalue weighted by Gasteiger charge is 2.12. The van der Waals surface area contributed by atoms with E-state index in [9.17, 15) is 4.79 Å². The summed E-state index contributed by atoms with van der Waals surface area (Å²) in [5, 5.41) is 0. The van der Waals surface area contributed by atoms with Crippen molar-refractivity contribution in [1.82, 2.24) is 0 Å². The van der Waals surface area contributed by atoms with Gasteiger partial charge in [0.15, 0.2) is 0 Å². The van der Waals surface area contributed by atoms with Crippen molar-refractivity contribution >= 4 is 5.78 Å². The van der Waals surface area contributed by atoms with Gasteiger partial charge in [0.05, 0.1) is 6.61 Å². The quantitative estimate of drug-likeness (QED) is 0.591. The van der Waals surface area contributed by atoms with Crippen LogP contribution in [0.25, 0.3) is 0 Å². The molecule has 0 aliphatic heterocycles. The molecule has 2 nitrogen and oxygen atoms in total. The average molecular weight is 158 g/mol. The number of Topliss-reactive ketones (excluding diaryl/α,β-unsaturated/α-hetero) is 1. The summed E-state index contributed by atoms with van der Waals surface area (Å²) in [6.45, 7) is 4.67. The first-order chi connectivity index (χ1) is 5.26. The predicted octanol–water partition coefficient (Wildman–Crippen LogP) is 2.03. The van der Waals surface area contributed by atoms with Gasteiger partial charge in [-0.3, -0.25) is 4.79 Å². The fourth-order valence-electron chi connectivity index (χ4n) is 1.15. The zero-order valence-electron chi connectivity index (χ0n) is 7.72. The Hall–Kier alpha value is -0.370. The number of hydrogen-bond donors (Lipinski definition) is 0. The van der Waals surface area contributed by atoms with Crippen molar-refractivity contribution in [2.75, 3.05) is 13.7 Å². The van der Waals surface area contributed by atoms with Crippen LogP contribution in [0.1, 0.15) is 33.1 Å². The second kappa shape index (κ2) is 6.35. The van der Waals surface area contributed by atoms with Crippen molar-refractivity contribution in [2.45, 2.75) is 33.1 Å². The molecule has 0 atom stereocenters. The monoisotopic (exact) mass is 158 g/mol. The van der Waals surface area contributed by atoms with E-state index < -0.39 is 0 Å². The van der Waals surface area contributed by atoms with Crippen molar-refractivity contribution in [1.29, 1.82) is 0 Å². The second-order valence-electron chi connectivity index (χ2n) is 2.72. The maximum Gasteiger partial charge on any atom is 0.138 e. The number of carbonyl (C=O) groups excluding carboxylic acids is 1. The fourth-order valence-corrected chi connectivity index (χ4v) is 1.15. The van der Waals surface area contributed by atoms with Crippen molar-refractivity contribution in [3.05, 3.63) is 0 Å². The van der Waals surface area contributed by atoms with E-state index in [0.29, 0.717) is 18.8 Å². The van der Waals surface area contributed by atoms with E-state index >= 15 is 0 Å². The van der Waals surface area contributed by atoms with Crippen molar-refractivity contribution in [3.8, 4) is 0 Å². The topological polar surface area (TPSA) is 26.3 Å². The first kappa shape index (κ1) is 10.6. The third kappa shape index (κ3) is 4.14. The molecular formula is C9H18O2. The molecule has 0 bridgehead atoms. The summed E-state index contributed by atoms with van der Waals surface area (Å²) in [5.74, 6) is 0.599. The zero-order chi connectivity index (χ0) is 8.69. The molecule has 0 unspecified atom stereocenters. The van der Waals surface area contributed by atoms with Crippen LogP contribution in [0, 0.1) is 5.92 Å². The predicted molar refractivity (Wildman–Crippen MR) is 45.6 cm³/mol. The molecule has 0 aromatic heterocycles. The Morgan fingerprint density at radius 3 is 2.27 bits per heavy atom. The van der Waals surface area contributed by atoms with Crippen LogP contribution in [0.15, 0.2) is 0 Å². The summed E-state index contributed by atoms with van der Waals surface area (Å²) >= 11 is 0. The Bertz CT molecular complexity index is 106. The van der Waals surface area contributed by atoms with E-state index in [-0.39, 0.29) is 5.92 Å². The van der Waals surface area contributed by atoms with Gasteiger partial charge >= 0.3 is 0 Å². The maximum atomic E-state index is 11.3. The molecular weight excluding hydrogens is 140 g/mol. The molecule has 0 aromatic carbocycles. The van der Waals surface area contributed by atoms with Crippen LogP contribution in [0.5, 0.6) is 0 Å². The highest BCUT2D eigenvalue weighted by molar-refractivity contribution is 5.80. The maximum absolute atomic E-state index is 11.3. The molecule has 0 heterocycles. The lowest BCUT2D eigenvalue weighted by Crippen LogP contribution is -2.14. The lowest BCUT2D eigenvalue weighted by molar-refractivity contribution is -0.123. The molecule has 0 saturated heterocycles. The van der Waals surface area contributed by atoms with Gasteiger partial charge < -0.3 is 4.74 Å². The Balaban J connectivity index is 3.61. The van der Waals surface area contributed by atoms with Gasteiger partial charge in [-0.05, 0) is 12.8 Å². The summed E-state index contributed by atoms with van der Waals surface area (Å²) in [7, 11) is 1.63.